The SMILES string of the molecule is CN=C(NCc1ccn[nH]1)NC(C)c1cccc(N2CCCC2)c1. The highest BCUT2D eigenvalue weighted by atomic mass is 15.2. The summed E-state index contributed by atoms with van der Waals surface area (Å²) in [6, 6.07) is 10.9. The summed E-state index contributed by atoms with van der Waals surface area (Å²) >= 11 is 0. The highest BCUT2D eigenvalue weighted by Crippen LogP contribution is 2.23. The molecule has 2 heterocycles. The van der Waals surface area contributed by atoms with Crippen LogP contribution in [0.2, 0.25) is 0 Å². The molecule has 0 radical (unpaired) electrons. The molecule has 1 unspecified atom stereocenters. The van der Waals surface area contributed by atoms with Gasteiger partial charge in [-0.2, -0.15) is 5.10 Å². The van der Waals surface area contributed by atoms with E-state index in [4.69, 9.17) is 0 Å². The van der Waals surface area contributed by atoms with E-state index in [9.17, 15) is 0 Å². The molecule has 2 aromatic rings. The van der Waals surface area contributed by atoms with Gasteiger partial charge in [-0.25, -0.2) is 0 Å². The molecule has 0 bridgehead atoms. The molecule has 1 saturated heterocycles. The number of guanidine groups is 1. The first-order valence-electron chi connectivity index (χ1n) is 8.56. The van der Waals surface area contributed by atoms with E-state index in [0.29, 0.717) is 6.54 Å². The fraction of sp³-hybridized carbons (Fsp3) is 0.444. The molecular formula is C18H26N6. The monoisotopic (exact) mass is 326 g/mol. The minimum Gasteiger partial charge on any atom is -0.372 e. The Kier molecular flexibility index (Phi) is 5.36. The number of nitrogens with zero attached hydrogens (tertiary/aromatic N) is 3. The molecule has 6 nitrogen and oxygen atoms in total. The van der Waals surface area contributed by atoms with Crippen molar-refractivity contribution in [2.75, 3.05) is 25.0 Å². The van der Waals surface area contributed by atoms with Gasteiger partial charge in [0.25, 0.3) is 0 Å². The summed E-state index contributed by atoms with van der Waals surface area (Å²) in [4.78, 5) is 6.76. The summed E-state index contributed by atoms with van der Waals surface area (Å²) in [5, 5.41) is 13.6. The zero-order valence-corrected chi connectivity index (χ0v) is 14.4. The van der Waals surface area contributed by atoms with E-state index >= 15 is 0 Å². The Labute approximate surface area is 143 Å². The van der Waals surface area contributed by atoms with Crippen LogP contribution in [0.1, 0.15) is 37.1 Å². The van der Waals surface area contributed by atoms with Crippen LogP contribution in [0.25, 0.3) is 0 Å². The van der Waals surface area contributed by atoms with Crippen molar-refractivity contribution < 1.29 is 0 Å². The number of aromatic nitrogens is 2. The van der Waals surface area contributed by atoms with Crippen LogP contribution in [-0.4, -0.2) is 36.3 Å². The number of aromatic amines is 1. The summed E-state index contributed by atoms with van der Waals surface area (Å²) in [6.45, 7) is 5.16. The maximum absolute atomic E-state index is 4.30. The maximum Gasteiger partial charge on any atom is 0.191 e. The fourth-order valence-corrected chi connectivity index (χ4v) is 3.01. The molecule has 1 fully saturated rings. The first-order chi connectivity index (χ1) is 11.8. The topological polar surface area (TPSA) is 68.3 Å². The number of aliphatic imine (C=N–C) groups is 1. The second kappa shape index (κ2) is 7.86. The van der Waals surface area contributed by atoms with Gasteiger partial charge in [0.15, 0.2) is 5.96 Å². The Morgan fingerprint density at radius 2 is 2.17 bits per heavy atom. The van der Waals surface area contributed by atoms with Crippen molar-refractivity contribution in [1.82, 2.24) is 20.8 Å². The summed E-state index contributed by atoms with van der Waals surface area (Å²) in [7, 11) is 1.79. The van der Waals surface area contributed by atoms with Crippen LogP contribution in [-0.2, 0) is 6.54 Å². The van der Waals surface area contributed by atoms with Crippen LogP contribution in [0.3, 0.4) is 0 Å². The quantitative estimate of drug-likeness (QED) is 0.583. The van der Waals surface area contributed by atoms with Crippen LogP contribution in [0.15, 0.2) is 41.5 Å². The van der Waals surface area contributed by atoms with Gasteiger partial charge in [0.1, 0.15) is 0 Å². The van der Waals surface area contributed by atoms with E-state index in [1.165, 1.54) is 37.2 Å². The normalized spacial score (nSPS) is 16.2. The van der Waals surface area contributed by atoms with E-state index < -0.39 is 0 Å². The Hall–Kier alpha value is -2.50. The minimum absolute atomic E-state index is 0.181. The Morgan fingerprint density at radius 1 is 1.33 bits per heavy atom. The molecule has 6 heteroatoms. The van der Waals surface area contributed by atoms with Gasteiger partial charge in [-0.3, -0.25) is 10.1 Å². The van der Waals surface area contributed by atoms with Crippen molar-refractivity contribution in [2.24, 2.45) is 4.99 Å². The molecule has 24 heavy (non-hydrogen) atoms. The smallest absolute Gasteiger partial charge is 0.191 e. The van der Waals surface area contributed by atoms with Gasteiger partial charge >= 0.3 is 0 Å². The fourth-order valence-electron chi connectivity index (χ4n) is 3.01. The lowest BCUT2D eigenvalue weighted by Gasteiger charge is -2.22. The number of benzene rings is 1. The maximum atomic E-state index is 4.30. The molecule has 3 N–H and O–H groups in total. The summed E-state index contributed by atoms with van der Waals surface area (Å²) in [5.74, 6) is 0.781. The molecular weight excluding hydrogens is 300 g/mol. The van der Waals surface area contributed by atoms with Crippen molar-refractivity contribution in [1.29, 1.82) is 0 Å². The molecule has 0 amide bonds. The Balaban J connectivity index is 1.60. The summed E-state index contributed by atoms with van der Waals surface area (Å²) in [5.41, 5.74) is 3.62. The number of rotatable bonds is 5. The van der Waals surface area contributed by atoms with Crippen LogP contribution in [0.5, 0.6) is 0 Å². The van der Waals surface area contributed by atoms with Gasteiger partial charge in [0.05, 0.1) is 18.3 Å². The second-order valence-electron chi connectivity index (χ2n) is 6.16. The van der Waals surface area contributed by atoms with E-state index in [0.717, 1.165) is 11.7 Å². The predicted molar refractivity (Wildman–Crippen MR) is 98.2 cm³/mol. The van der Waals surface area contributed by atoms with E-state index in [-0.39, 0.29) is 6.04 Å². The molecule has 0 spiro atoms. The average molecular weight is 326 g/mol. The zero-order valence-electron chi connectivity index (χ0n) is 14.4. The number of hydrogen-bond donors (Lipinski definition) is 3. The molecule has 128 valence electrons. The van der Waals surface area contributed by atoms with Crippen LogP contribution in [0, 0.1) is 0 Å². The molecule has 1 aliphatic heterocycles. The number of anilines is 1. The Morgan fingerprint density at radius 3 is 2.88 bits per heavy atom. The molecule has 0 saturated carbocycles. The number of nitrogens with one attached hydrogen (secondary N) is 3. The standard InChI is InChI=1S/C18H26N6/c1-14(22-18(19-2)20-13-16-8-9-21-23-16)15-6-5-7-17(12-15)24-10-3-4-11-24/h5-9,12,14H,3-4,10-11,13H2,1-2H3,(H,21,23)(H2,19,20,22). The second-order valence-corrected chi connectivity index (χ2v) is 6.16. The molecule has 1 atom stereocenters. The third-order valence-electron chi connectivity index (χ3n) is 4.42. The van der Waals surface area contributed by atoms with Crippen molar-refractivity contribution >= 4 is 11.6 Å². The predicted octanol–water partition coefficient (Wildman–Crippen LogP) is 2.44. The number of H-pyrrole nitrogens is 1. The van der Waals surface area contributed by atoms with Gasteiger partial charge < -0.3 is 15.5 Å². The van der Waals surface area contributed by atoms with E-state index in [1.54, 1.807) is 13.2 Å². The van der Waals surface area contributed by atoms with Crippen LogP contribution < -0.4 is 15.5 Å². The highest BCUT2D eigenvalue weighted by Gasteiger charge is 2.14. The van der Waals surface area contributed by atoms with Gasteiger partial charge in [0.2, 0.25) is 0 Å². The van der Waals surface area contributed by atoms with E-state index in [2.05, 4.69) is 61.9 Å². The van der Waals surface area contributed by atoms with Gasteiger partial charge in [-0.05, 0) is 43.5 Å². The van der Waals surface area contributed by atoms with Crippen LogP contribution >= 0.6 is 0 Å². The molecule has 1 aromatic carbocycles. The third-order valence-corrected chi connectivity index (χ3v) is 4.42. The molecule has 3 rings (SSSR count). The molecule has 0 aliphatic carbocycles. The highest BCUT2D eigenvalue weighted by molar-refractivity contribution is 5.80. The van der Waals surface area contributed by atoms with Crippen LogP contribution in [0.4, 0.5) is 5.69 Å². The molecule has 1 aliphatic rings. The summed E-state index contributed by atoms with van der Waals surface area (Å²) < 4.78 is 0. The molecule has 1 aromatic heterocycles. The average Bonchev–Trinajstić information content (AvgIpc) is 3.32. The van der Waals surface area contributed by atoms with Gasteiger partial charge in [-0.15, -0.1) is 0 Å². The van der Waals surface area contributed by atoms with Crippen molar-refractivity contribution in [3.8, 4) is 0 Å². The number of hydrogen-bond acceptors (Lipinski definition) is 3. The minimum atomic E-state index is 0.181. The largest absolute Gasteiger partial charge is 0.372 e. The van der Waals surface area contributed by atoms with Gasteiger partial charge in [-0.1, -0.05) is 12.1 Å². The lowest BCUT2D eigenvalue weighted by atomic mass is 10.1. The van der Waals surface area contributed by atoms with Gasteiger partial charge in [0, 0.05) is 32.0 Å². The first-order valence-corrected chi connectivity index (χ1v) is 8.56. The Bertz CT molecular complexity index is 658. The third kappa shape index (κ3) is 4.07. The van der Waals surface area contributed by atoms with Crippen molar-refractivity contribution in [3.63, 3.8) is 0 Å². The summed E-state index contributed by atoms with van der Waals surface area (Å²) in [6.07, 6.45) is 4.34. The van der Waals surface area contributed by atoms with E-state index in [1.807, 2.05) is 6.07 Å². The van der Waals surface area contributed by atoms with Crippen molar-refractivity contribution in [3.05, 3.63) is 47.8 Å². The lowest BCUT2D eigenvalue weighted by molar-refractivity contribution is 0.682. The first kappa shape index (κ1) is 16.4. The lowest BCUT2D eigenvalue weighted by Crippen LogP contribution is -2.38. The zero-order chi connectivity index (χ0) is 16.8. The van der Waals surface area contributed by atoms with Crippen molar-refractivity contribution in [2.45, 2.75) is 32.4 Å².